The van der Waals surface area contributed by atoms with E-state index in [1.54, 1.807) is 6.92 Å². The lowest BCUT2D eigenvalue weighted by molar-refractivity contribution is -0.129. The minimum absolute atomic E-state index is 0.192. The molecular weight excluding hydrogens is 299 g/mol. The van der Waals surface area contributed by atoms with Gasteiger partial charge in [-0.3, -0.25) is 9.69 Å². The first-order valence-electron chi connectivity index (χ1n) is 8.06. The SMILES string of the molecule is CCC(=O)N[C@H]1CN(CCc2ccccc2)[C@H](CF)[C@@H](O)[C@@H]1O. The van der Waals surface area contributed by atoms with E-state index in [-0.39, 0.29) is 5.91 Å². The highest BCUT2D eigenvalue weighted by Crippen LogP contribution is 2.20. The summed E-state index contributed by atoms with van der Waals surface area (Å²) in [6.07, 6.45) is -1.35. The molecule has 23 heavy (non-hydrogen) atoms. The number of carbonyl (C=O) groups excluding carboxylic acids is 1. The van der Waals surface area contributed by atoms with Crippen molar-refractivity contribution in [2.24, 2.45) is 0 Å². The minimum Gasteiger partial charge on any atom is -0.389 e. The van der Waals surface area contributed by atoms with E-state index in [1.165, 1.54) is 0 Å². The van der Waals surface area contributed by atoms with Gasteiger partial charge in [0.05, 0.1) is 18.2 Å². The Morgan fingerprint density at radius 1 is 1.30 bits per heavy atom. The van der Waals surface area contributed by atoms with Crippen molar-refractivity contribution < 1.29 is 19.4 Å². The molecule has 1 heterocycles. The summed E-state index contributed by atoms with van der Waals surface area (Å²) in [6, 6.07) is 8.48. The number of aliphatic hydroxyl groups excluding tert-OH is 2. The zero-order valence-electron chi connectivity index (χ0n) is 13.4. The van der Waals surface area contributed by atoms with E-state index in [0.717, 1.165) is 5.56 Å². The van der Waals surface area contributed by atoms with Gasteiger partial charge in [-0.15, -0.1) is 0 Å². The molecular formula is C17H25FN2O3. The van der Waals surface area contributed by atoms with Crippen molar-refractivity contribution >= 4 is 5.91 Å². The number of carbonyl (C=O) groups is 1. The van der Waals surface area contributed by atoms with Crippen molar-refractivity contribution in [1.82, 2.24) is 10.2 Å². The first-order chi connectivity index (χ1) is 11.1. The Hall–Kier alpha value is -1.50. The molecule has 1 aromatic rings. The largest absolute Gasteiger partial charge is 0.389 e. The molecule has 1 saturated heterocycles. The Morgan fingerprint density at radius 3 is 2.61 bits per heavy atom. The molecule has 0 bridgehead atoms. The van der Waals surface area contributed by atoms with Crippen LogP contribution in [0.3, 0.4) is 0 Å². The van der Waals surface area contributed by atoms with Crippen LogP contribution in [0.5, 0.6) is 0 Å². The van der Waals surface area contributed by atoms with Gasteiger partial charge in [0.25, 0.3) is 0 Å². The first kappa shape index (κ1) is 17.8. The maximum Gasteiger partial charge on any atom is 0.220 e. The van der Waals surface area contributed by atoms with Crippen LogP contribution < -0.4 is 5.32 Å². The number of halogens is 1. The summed E-state index contributed by atoms with van der Waals surface area (Å²) >= 11 is 0. The van der Waals surface area contributed by atoms with Crippen LogP contribution in [0.25, 0.3) is 0 Å². The molecule has 1 fully saturated rings. The number of hydrogen-bond donors (Lipinski definition) is 3. The molecule has 0 saturated carbocycles. The molecule has 3 N–H and O–H groups in total. The van der Waals surface area contributed by atoms with Gasteiger partial charge in [-0.05, 0) is 12.0 Å². The Morgan fingerprint density at radius 2 is 2.00 bits per heavy atom. The molecule has 1 aliphatic rings. The third-order valence-corrected chi connectivity index (χ3v) is 4.41. The van der Waals surface area contributed by atoms with Crippen molar-refractivity contribution in [3.8, 4) is 0 Å². The minimum atomic E-state index is -1.22. The lowest BCUT2D eigenvalue weighted by Gasteiger charge is -2.44. The Balaban J connectivity index is 2.03. The van der Waals surface area contributed by atoms with Gasteiger partial charge in [-0.1, -0.05) is 37.3 Å². The Bertz CT molecular complexity index is 500. The highest BCUT2D eigenvalue weighted by molar-refractivity contribution is 5.75. The summed E-state index contributed by atoms with van der Waals surface area (Å²) < 4.78 is 13.3. The number of amides is 1. The third kappa shape index (κ3) is 4.50. The standard InChI is InChI=1S/C17H25FN2O3/c1-2-15(21)19-13-11-20(14(10-18)17(23)16(13)22)9-8-12-6-4-3-5-7-12/h3-7,13-14,16-17,22-23H,2,8-11H2,1H3,(H,19,21)/t13-,14+,16+,17+/m0/s1. The van der Waals surface area contributed by atoms with Crippen molar-refractivity contribution in [1.29, 1.82) is 0 Å². The van der Waals surface area contributed by atoms with Gasteiger partial charge >= 0.3 is 0 Å². The predicted molar refractivity (Wildman–Crippen MR) is 85.7 cm³/mol. The van der Waals surface area contributed by atoms with Crippen molar-refractivity contribution in [2.45, 2.75) is 44.1 Å². The van der Waals surface area contributed by atoms with Crippen LogP contribution in [-0.4, -0.2) is 65.1 Å². The number of nitrogens with one attached hydrogen (secondary N) is 1. The van der Waals surface area contributed by atoms with Gasteiger partial charge < -0.3 is 15.5 Å². The van der Waals surface area contributed by atoms with Gasteiger partial charge in [0, 0.05) is 19.5 Å². The quantitative estimate of drug-likeness (QED) is 0.712. The van der Waals surface area contributed by atoms with Crippen LogP contribution in [-0.2, 0) is 11.2 Å². The van der Waals surface area contributed by atoms with Crippen molar-refractivity contribution in [3.05, 3.63) is 35.9 Å². The number of hydrogen-bond acceptors (Lipinski definition) is 4. The maximum absolute atomic E-state index is 13.3. The second-order valence-corrected chi connectivity index (χ2v) is 5.96. The molecule has 0 aliphatic carbocycles. The van der Waals surface area contributed by atoms with Crippen molar-refractivity contribution in [2.75, 3.05) is 19.8 Å². The van der Waals surface area contributed by atoms with E-state index in [4.69, 9.17) is 0 Å². The number of likely N-dealkylation sites (tertiary alicyclic amines) is 1. The molecule has 128 valence electrons. The highest BCUT2D eigenvalue weighted by atomic mass is 19.1. The molecule has 1 aromatic carbocycles. The predicted octanol–water partition coefficient (Wildman–Crippen LogP) is 0.499. The monoisotopic (exact) mass is 324 g/mol. The summed E-state index contributed by atoms with van der Waals surface area (Å²) in [4.78, 5) is 13.4. The average Bonchev–Trinajstić information content (AvgIpc) is 2.58. The molecule has 0 radical (unpaired) electrons. The van der Waals surface area contributed by atoms with Crippen LogP contribution in [0, 0.1) is 0 Å². The first-order valence-corrected chi connectivity index (χ1v) is 8.06. The summed E-state index contributed by atoms with van der Waals surface area (Å²) in [5.74, 6) is -0.192. The summed E-state index contributed by atoms with van der Waals surface area (Å²) in [5.41, 5.74) is 1.12. The van der Waals surface area contributed by atoms with E-state index in [1.807, 2.05) is 35.2 Å². The Labute approximate surface area is 136 Å². The van der Waals surface area contributed by atoms with Crippen LogP contribution in [0.2, 0.25) is 0 Å². The molecule has 2 rings (SSSR count). The lowest BCUT2D eigenvalue weighted by Crippen LogP contribution is -2.66. The molecule has 1 aliphatic heterocycles. The van der Waals surface area contributed by atoms with Crippen molar-refractivity contribution in [3.63, 3.8) is 0 Å². The second kappa shape index (κ2) is 8.38. The maximum atomic E-state index is 13.3. The summed E-state index contributed by atoms with van der Waals surface area (Å²) in [5, 5.41) is 23.0. The zero-order chi connectivity index (χ0) is 16.8. The zero-order valence-corrected chi connectivity index (χ0v) is 13.4. The van der Waals surface area contributed by atoms with Gasteiger partial charge in [-0.2, -0.15) is 0 Å². The molecule has 5 nitrogen and oxygen atoms in total. The number of benzene rings is 1. The molecule has 0 spiro atoms. The summed E-state index contributed by atoms with van der Waals surface area (Å²) in [7, 11) is 0. The fraction of sp³-hybridized carbons (Fsp3) is 0.588. The smallest absolute Gasteiger partial charge is 0.220 e. The van der Waals surface area contributed by atoms with Crippen LogP contribution >= 0.6 is 0 Å². The molecule has 0 aromatic heterocycles. The molecule has 6 heteroatoms. The van der Waals surface area contributed by atoms with E-state index >= 15 is 0 Å². The van der Waals surface area contributed by atoms with Gasteiger partial charge in [0.2, 0.25) is 5.91 Å². The Kier molecular flexibility index (Phi) is 6.50. The van der Waals surface area contributed by atoms with Crippen LogP contribution in [0.1, 0.15) is 18.9 Å². The number of alkyl halides is 1. The number of rotatable bonds is 6. The van der Waals surface area contributed by atoms with Gasteiger partial charge in [-0.25, -0.2) is 4.39 Å². The normalized spacial score (nSPS) is 28.5. The van der Waals surface area contributed by atoms with Crippen LogP contribution in [0.4, 0.5) is 4.39 Å². The van der Waals surface area contributed by atoms with Gasteiger partial charge in [0.1, 0.15) is 12.8 Å². The number of nitrogens with zero attached hydrogens (tertiary/aromatic N) is 1. The lowest BCUT2D eigenvalue weighted by atomic mass is 9.92. The van der Waals surface area contributed by atoms with Crippen LogP contribution in [0.15, 0.2) is 30.3 Å². The second-order valence-electron chi connectivity index (χ2n) is 5.96. The molecule has 4 atom stereocenters. The van der Waals surface area contributed by atoms with Gasteiger partial charge in [0.15, 0.2) is 0 Å². The average molecular weight is 324 g/mol. The fourth-order valence-corrected chi connectivity index (χ4v) is 2.98. The number of piperidine rings is 1. The number of aliphatic hydroxyl groups is 2. The highest BCUT2D eigenvalue weighted by Gasteiger charge is 2.42. The van der Waals surface area contributed by atoms with E-state index in [0.29, 0.717) is 25.9 Å². The molecule has 1 amide bonds. The third-order valence-electron chi connectivity index (χ3n) is 4.41. The molecule has 0 unspecified atom stereocenters. The fourth-order valence-electron chi connectivity index (χ4n) is 2.98. The van der Waals surface area contributed by atoms with E-state index in [2.05, 4.69) is 5.32 Å². The topological polar surface area (TPSA) is 72.8 Å². The van der Waals surface area contributed by atoms with E-state index in [9.17, 15) is 19.4 Å². The van der Waals surface area contributed by atoms with E-state index < -0.39 is 31.0 Å². The summed E-state index contributed by atoms with van der Waals surface area (Å²) in [6.45, 7) is 1.87.